The summed E-state index contributed by atoms with van der Waals surface area (Å²) in [7, 11) is 0. The second kappa shape index (κ2) is 8.48. The fraction of sp³-hybridized carbons (Fsp3) is 0.444. The zero-order valence-corrected chi connectivity index (χ0v) is 14.1. The first kappa shape index (κ1) is 17.2. The van der Waals surface area contributed by atoms with Crippen molar-refractivity contribution in [3.63, 3.8) is 0 Å². The van der Waals surface area contributed by atoms with Gasteiger partial charge >= 0.3 is 0 Å². The average molecular weight is 315 g/mol. The Bertz CT molecular complexity index is 618. The first-order chi connectivity index (χ1) is 11.2. The molecule has 0 aliphatic carbocycles. The van der Waals surface area contributed by atoms with Crippen molar-refractivity contribution in [1.29, 1.82) is 0 Å². The molecule has 1 aromatic heterocycles. The highest BCUT2D eigenvalue weighted by Crippen LogP contribution is 2.24. The molecule has 2 aromatic rings. The normalized spacial score (nSPS) is 11.0. The van der Waals surface area contributed by atoms with E-state index in [0.717, 1.165) is 31.6 Å². The Morgan fingerprint density at radius 2 is 1.91 bits per heavy atom. The highest BCUT2D eigenvalue weighted by Gasteiger charge is 2.21. The summed E-state index contributed by atoms with van der Waals surface area (Å²) in [4.78, 5) is 14.8. The van der Waals surface area contributed by atoms with Gasteiger partial charge in [0.25, 0.3) is 5.91 Å². The lowest BCUT2D eigenvalue weighted by Gasteiger charge is -2.17. The van der Waals surface area contributed by atoms with Gasteiger partial charge < -0.3 is 14.7 Å². The van der Waals surface area contributed by atoms with Crippen molar-refractivity contribution in [2.24, 2.45) is 0 Å². The molecule has 0 saturated heterocycles. The van der Waals surface area contributed by atoms with E-state index in [9.17, 15) is 4.79 Å². The number of rotatable bonds is 8. The molecule has 0 unspecified atom stereocenters. The highest BCUT2D eigenvalue weighted by atomic mass is 16.5. The standard InChI is InChI=1S/C18H25N3O2/c1-4-21(5-2)13-9-12-19-18(22)16-14(3)23-20-17(16)15-10-7-6-8-11-15/h6-8,10-11H,4-5,9,12-13H2,1-3H3,(H,19,22). The molecule has 0 aliphatic heterocycles. The van der Waals surface area contributed by atoms with Gasteiger partial charge in [0, 0.05) is 12.1 Å². The van der Waals surface area contributed by atoms with Crippen LogP contribution in [0.25, 0.3) is 11.3 Å². The number of carbonyl (C=O) groups excluding carboxylic acids is 1. The van der Waals surface area contributed by atoms with Crippen LogP contribution in [0.3, 0.4) is 0 Å². The Kier molecular flexibility index (Phi) is 6.35. The minimum atomic E-state index is -0.123. The van der Waals surface area contributed by atoms with Crippen LogP contribution in [0.4, 0.5) is 0 Å². The zero-order valence-electron chi connectivity index (χ0n) is 14.1. The van der Waals surface area contributed by atoms with Crippen molar-refractivity contribution in [3.8, 4) is 11.3 Å². The lowest BCUT2D eigenvalue weighted by Crippen LogP contribution is -2.30. The highest BCUT2D eigenvalue weighted by molar-refractivity contribution is 6.00. The van der Waals surface area contributed by atoms with E-state index in [1.165, 1.54) is 0 Å². The third kappa shape index (κ3) is 4.42. The number of hydrogen-bond acceptors (Lipinski definition) is 4. The molecule has 5 nitrogen and oxygen atoms in total. The number of aryl methyl sites for hydroxylation is 1. The predicted octanol–water partition coefficient (Wildman–Crippen LogP) is 3.11. The molecular weight excluding hydrogens is 290 g/mol. The molecule has 0 atom stereocenters. The van der Waals surface area contributed by atoms with Crippen LogP contribution < -0.4 is 5.32 Å². The van der Waals surface area contributed by atoms with Gasteiger partial charge in [0.2, 0.25) is 0 Å². The molecule has 0 bridgehead atoms. The van der Waals surface area contributed by atoms with E-state index in [-0.39, 0.29) is 5.91 Å². The topological polar surface area (TPSA) is 58.4 Å². The summed E-state index contributed by atoms with van der Waals surface area (Å²) in [5.74, 6) is 0.423. The largest absolute Gasteiger partial charge is 0.360 e. The van der Waals surface area contributed by atoms with E-state index in [1.807, 2.05) is 30.3 Å². The Balaban J connectivity index is 1.99. The van der Waals surface area contributed by atoms with Crippen molar-refractivity contribution in [2.45, 2.75) is 27.2 Å². The van der Waals surface area contributed by atoms with E-state index < -0.39 is 0 Å². The van der Waals surface area contributed by atoms with Gasteiger partial charge in [0.1, 0.15) is 17.0 Å². The third-order valence-electron chi connectivity index (χ3n) is 3.97. The smallest absolute Gasteiger partial charge is 0.257 e. The van der Waals surface area contributed by atoms with Gasteiger partial charge in [-0.15, -0.1) is 0 Å². The summed E-state index contributed by atoms with van der Waals surface area (Å²) in [6.07, 6.45) is 0.929. The van der Waals surface area contributed by atoms with Crippen LogP contribution in [0.1, 0.15) is 36.4 Å². The Labute approximate surface area is 137 Å². The molecule has 1 heterocycles. The quantitative estimate of drug-likeness (QED) is 0.760. The minimum absolute atomic E-state index is 0.123. The fourth-order valence-corrected chi connectivity index (χ4v) is 2.57. The number of carbonyl (C=O) groups is 1. The van der Waals surface area contributed by atoms with Crippen LogP contribution in [0.5, 0.6) is 0 Å². The van der Waals surface area contributed by atoms with Crippen LogP contribution >= 0.6 is 0 Å². The van der Waals surface area contributed by atoms with Crippen molar-refractivity contribution < 1.29 is 9.32 Å². The maximum absolute atomic E-state index is 12.5. The molecule has 2 rings (SSSR count). The Morgan fingerprint density at radius 3 is 2.57 bits per heavy atom. The molecule has 5 heteroatoms. The zero-order chi connectivity index (χ0) is 16.7. The second-order valence-corrected chi connectivity index (χ2v) is 5.46. The minimum Gasteiger partial charge on any atom is -0.360 e. The summed E-state index contributed by atoms with van der Waals surface area (Å²) in [6, 6.07) is 9.63. The van der Waals surface area contributed by atoms with E-state index in [0.29, 0.717) is 23.6 Å². The maximum Gasteiger partial charge on any atom is 0.257 e. The average Bonchev–Trinajstić information content (AvgIpc) is 2.97. The monoisotopic (exact) mass is 315 g/mol. The Hall–Kier alpha value is -2.14. The maximum atomic E-state index is 12.5. The summed E-state index contributed by atoms with van der Waals surface area (Å²) in [6.45, 7) is 9.77. The van der Waals surface area contributed by atoms with Gasteiger partial charge in [0.15, 0.2) is 0 Å². The molecule has 23 heavy (non-hydrogen) atoms. The van der Waals surface area contributed by atoms with Gasteiger partial charge in [-0.2, -0.15) is 0 Å². The lowest BCUT2D eigenvalue weighted by molar-refractivity contribution is 0.0951. The molecule has 1 N–H and O–H groups in total. The van der Waals surface area contributed by atoms with Gasteiger partial charge in [-0.1, -0.05) is 49.3 Å². The van der Waals surface area contributed by atoms with Crippen LogP contribution in [-0.4, -0.2) is 42.1 Å². The van der Waals surface area contributed by atoms with Crippen molar-refractivity contribution in [1.82, 2.24) is 15.4 Å². The van der Waals surface area contributed by atoms with E-state index in [1.54, 1.807) is 6.92 Å². The van der Waals surface area contributed by atoms with Crippen LogP contribution in [0, 0.1) is 6.92 Å². The van der Waals surface area contributed by atoms with E-state index in [2.05, 4.69) is 29.2 Å². The molecule has 0 aliphatic rings. The first-order valence-electron chi connectivity index (χ1n) is 8.19. The Morgan fingerprint density at radius 1 is 1.22 bits per heavy atom. The summed E-state index contributed by atoms with van der Waals surface area (Å²) in [5, 5.41) is 7.02. The molecule has 0 saturated carbocycles. The molecule has 0 spiro atoms. The third-order valence-corrected chi connectivity index (χ3v) is 3.97. The number of hydrogen-bond donors (Lipinski definition) is 1. The molecule has 0 fully saturated rings. The SMILES string of the molecule is CCN(CC)CCCNC(=O)c1c(-c2ccccc2)noc1C. The van der Waals surface area contributed by atoms with Crippen molar-refractivity contribution in [2.75, 3.05) is 26.2 Å². The summed E-state index contributed by atoms with van der Waals surface area (Å²) >= 11 is 0. The molecular formula is C18H25N3O2. The fourth-order valence-electron chi connectivity index (χ4n) is 2.57. The van der Waals surface area contributed by atoms with Gasteiger partial charge in [-0.05, 0) is 33.0 Å². The second-order valence-electron chi connectivity index (χ2n) is 5.46. The number of nitrogens with one attached hydrogen (secondary N) is 1. The first-order valence-corrected chi connectivity index (χ1v) is 8.19. The van der Waals surface area contributed by atoms with Crippen molar-refractivity contribution >= 4 is 5.91 Å². The van der Waals surface area contributed by atoms with Crippen LogP contribution in [0.15, 0.2) is 34.9 Å². The van der Waals surface area contributed by atoms with Crippen molar-refractivity contribution in [3.05, 3.63) is 41.7 Å². The number of benzene rings is 1. The molecule has 124 valence electrons. The predicted molar refractivity (Wildman–Crippen MR) is 91.4 cm³/mol. The number of amides is 1. The summed E-state index contributed by atoms with van der Waals surface area (Å²) in [5.41, 5.74) is 2.01. The molecule has 0 radical (unpaired) electrons. The van der Waals surface area contributed by atoms with Crippen LogP contribution in [-0.2, 0) is 0 Å². The number of aromatic nitrogens is 1. The van der Waals surface area contributed by atoms with Gasteiger partial charge in [-0.25, -0.2) is 0 Å². The summed E-state index contributed by atoms with van der Waals surface area (Å²) < 4.78 is 5.23. The van der Waals surface area contributed by atoms with E-state index in [4.69, 9.17) is 4.52 Å². The van der Waals surface area contributed by atoms with Gasteiger partial charge in [0.05, 0.1) is 0 Å². The van der Waals surface area contributed by atoms with Crippen LogP contribution in [0.2, 0.25) is 0 Å². The van der Waals surface area contributed by atoms with E-state index >= 15 is 0 Å². The molecule has 1 amide bonds. The molecule has 1 aromatic carbocycles. The lowest BCUT2D eigenvalue weighted by atomic mass is 10.1. The van der Waals surface area contributed by atoms with Gasteiger partial charge in [-0.3, -0.25) is 4.79 Å². The number of nitrogens with zero attached hydrogens (tertiary/aromatic N) is 2.